The van der Waals surface area contributed by atoms with Gasteiger partial charge >= 0.3 is 12.1 Å². The lowest BCUT2D eigenvalue weighted by molar-refractivity contribution is 0.0706. The van der Waals surface area contributed by atoms with Crippen LogP contribution in [0.15, 0.2) is 30.3 Å². The normalized spacial score (nSPS) is 28.1. The number of hydrogen-bond acceptors (Lipinski definition) is 8. The van der Waals surface area contributed by atoms with Crippen molar-refractivity contribution < 1.29 is 28.2 Å². The van der Waals surface area contributed by atoms with Gasteiger partial charge in [-0.3, -0.25) is 9.80 Å². The number of hydrogen-bond donors (Lipinski definition) is 1. The molecule has 2 bridgehead atoms. The zero-order valence-corrected chi connectivity index (χ0v) is 28.9. The molecule has 4 atom stereocenters. The smallest absolute Gasteiger partial charge is 0.407 e. The van der Waals surface area contributed by atoms with Crippen molar-refractivity contribution in [2.24, 2.45) is 10.8 Å². The van der Waals surface area contributed by atoms with Crippen LogP contribution in [-0.2, 0) is 0 Å². The van der Waals surface area contributed by atoms with Gasteiger partial charge in [0.2, 0.25) is 5.88 Å². The van der Waals surface area contributed by atoms with Crippen molar-refractivity contribution in [3.63, 3.8) is 0 Å². The molecular weight excluding hydrogens is 666 g/mol. The predicted molar refractivity (Wildman–Crippen MR) is 188 cm³/mol. The predicted octanol–water partition coefficient (Wildman–Crippen LogP) is 6.37. The Morgan fingerprint density at radius 3 is 2.54 bits per heavy atom. The molecule has 6 fully saturated rings. The molecule has 2 aromatic heterocycles. The van der Waals surface area contributed by atoms with Crippen LogP contribution in [0.4, 0.5) is 19.4 Å². The van der Waals surface area contributed by atoms with Gasteiger partial charge in [0.1, 0.15) is 40.9 Å². The fourth-order valence-electron chi connectivity index (χ4n) is 11.1. The molecular formula is C40H38F2N6O4. The van der Waals surface area contributed by atoms with Gasteiger partial charge in [0, 0.05) is 30.6 Å². The molecule has 2 saturated carbocycles. The van der Waals surface area contributed by atoms with Crippen LogP contribution >= 0.6 is 0 Å². The fraction of sp³-hybridized carbons (Fsp3) is 0.500. The number of piperazine rings is 1. The fourth-order valence-corrected chi connectivity index (χ4v) is 11.1. The van der Waals surface area contributed by atoms with Crippen LogP contribution in [0.3, 0.4) is 0 Å². The van der Waals surface area contributed by atoms with Crippen LogP contribution in [0, 0.1) is 34.8 Å². The number of ether oxygens (including phenoxy) is 2. The summed E-state index contributed by atoms with van der Waals surface area (Å²) >= 11 is 0. The van der Waals surface area contributed by atoms with Crippen LogP contribution in [0.5, 0.6) is 11.9 Å². The zero-order valence-electron chi connectivity index (χ0n) is 28.9. The van der Waals surface area contributed by atoms with Crippen molar-refractivity contribution in [3.8, 4) is 35.5 Å². The molecule has 11 rings (SSSR count). The Labute approximate surface area is 299 Å². The standard InChI is InChI=1S/C40H38F2N6O4/c1-3-24-26(41)9-7-22-5-4-6-25(28(22)24)31-30(42)32-29-34(47-15-23-8-10-27(48(23)37(49)50)33(47)21(2)52-35(29)43-31)45-36(44-32)51-20-40-16-38(11-12-38)18-46(40)19-39(17-40)13-14-39/h1,4-7,9,21,23,27,33H,8,10-20H2,2H3,(H,49,50). The number of halogens is 2. The monoisotopic (exact) mass is 704 g/mol. The van der Waals surface area contributed by atoms with Crippen LogP contribution in [0.25, 0.3) is 32.9 Å². The van der Waals surface area contributed by atoms with Crippen LogP contribution < -0.4 is 14.4 Å². The highest BCUT2D eigenvalue weighted by Gasteiger charge is 2.67. The van der Waals surface area contributed by atoms with E-state index in [9.17, 15) is 9.90 Å². The Bertz CT molecular complexity index is 2280. The Balaban J connectivity index is 1.09. The summed E-state index contributed by atoms with van der Waals surface area (Å²) in [5.74, 6) is 1.72. The van der Waals surface area contributed by atoms with Gasteiger partial charge in [-0.1, -0.05) is 30.2 Å². The zero-order chi connectivity index (χ0) is 35.3. The molecule has 10 nitrogen and oxygen atoms in total. The van der Waals surface area contributed by atoms with E-state index in [-0.39, 0.29) is 46.3 Å². The molecule has 7 heterocycles. The maximum Gasteiger partial charge on any atom is 0.407 e. The van der Waals surface area contributed by atoms with Gasteiger partial charge in [-0.05, 0) is 80.6 Å². The Morgan fingerprint density at radius 2 is 1.83 bits per heavy atom. The number of amides is 1. The van der Waals surface area contributed by atoms with E-state index >= 15 is 8.78 Å². The van der Waals surface area contributed by atoms with Gasteiger partial charge in [-0.15, -0.1) is 6.42 Å². The lowest BCUT2D eigenvalue weighted by Gasteiger charge is -2.47. The summed E-state index contributed by atoms with van der Waals surface area (Å²) in [5.41, 5.74) is 0.909. The second kappa shape index (κ2) is 10.2. The van der Waals surface area contributed by atoms with Gasteiger partial charge < -0.3 is 19.5 Å². The van der Waals surface area contributed by atoms with E-state index in [0.29, 0.717) is 64.4 Å². The summed E-state index contributed by atoms with van der Waals surface area (Å²) in [5, 5.41) is 11.5. The van der Waals surface area contributed by atoms with Crippen LogP contribution in [-0.4, -0.2) is 92.0 Å². The van der Waals surface area contributed by atoms with Gasteiger partial charge in [-0.2, -0.15) is 9.97 Å². The van der Waals surface area contributed by atoms with E-state index in [1.807, 2.05) is 6.92 Å². The molecule has 5 aliphatic heterocycles. The minimum Gasteiger partial charge on any atom is -0.472 e. The average Bonchev–Trinajstić information content (AvgIpc) is 3.99. The molecule has 266 valence electrons. The third-order valence-corrected chi connectivity index (χ3v) is 13.6. The van der Waals surface area contributed by atoms with E-state index in [4.69, 9.17) is 30.8 Å². The molecule has 2 aromatic carbocycles. The third kappa shape index (κ3) is 4.20. The van der Waals surface area contributed by atoms with Gasteiger partial charge in [0.15, 0.2) is 5.82 Å². The average molecular weight is 705 g/mol. The summed E-state index contributed by atoms with van der Waals surface area (Å²) in [6.07, 6.45) is 12.9. The second-order valence-corrected chi connectivity index (χ2v) is 16.8. The number of nitrogens with zero attached hydrogens (tertiary/aromatic N) is 6. The van der Waals surface area contributed by atoms with E-state index in [1.54, 1.807) is 29.2 Å². The van der Waals surface area contributed by atoms with E-state index in [0.717, 1.165) is 25.9 Å². The molecule has 12 heteroatoms. The highest BCUT2D eigenvalue weighted by atomic mass is 19.1. The third-order valence-electron chi connectivity index (χ3n) is 13.6. The minimum atomic E-state index is -0.962. The summed E-state index contributed by atoms with van der Waals surface area (Å²) in [4.78, 5) is 33.4. The van der Waals surface area contributed by atoms with Gasteiger partial charge in [0.25, 0.3) is 0 Å². The van der Waals surface area contributed by atoms with Gasteiger partial charge in [0.05, 0.1) is 29.2 Å². The number of carbonyl (C=O) groups is 1. The van der Waals surface area contributed by atoms with Crippen LogP contribution in [0.1, 0.15) is 63.9 Å². The number of fused-ring (bicyclic) bond motifs is 7. The van der Waals surface area contributed by atoms with E-state index < -0.39 is 29.9 Å². The summed E-state index contributed by atoms with van der Waals surface area (Å²) in [6.45, 7) is 4.88. The number of terminal acetylenes is 1. The molecule has 4 aromatic rings. The minimum absolute atomic E-state index is 0.0129. The van der Waals surface area contributed by atoms with Crippen molar-refractivity contribution >= 4 is 33.6 Å². The first-order chi connectivity index (χ1) is 25.1. The number of anilines is 1. The molecule has 52 heavy (non-hydrogen) atoms. The number of aromatic nitrogens is 3. The molecule has 2 aliphatic carbocycles. The van der Waals surface area contributed by atoms with Crippen LogP contribution in [0.2, 0.25) is 0 Å². The quantitative estimate of drug-likeness (QED) is 0.243. The lowest BCUT2D eigenvalue weighted by atomic mass is 9.85. The molecule has 4 unspecified atom stereocenters. The number of benzene rings is 2. The Hall–Kier alpha value is -4.76. The molecule has 4 saturated heterocycles. The highest BCUT2D eigenvalue weighted by Crippen LogP contribution is 2.67. The first-order valence-corrected chi connectivity index (χ1v) is 18.5. The molecule has 7 aliphatic rings. The van der Waals surface area contributed by atoms with Crippen molar-refractivity contribution in [3.05, 3.63) is 47.5 Å². The van der Waals surface area contributed by atoms with Crippen molar-refractivity contribution in [1.82, 2.24) is 24.8 Å². The molecule has 2 spiro atoms. The Morgan fingerprint density at radius 1 is 1.06 bits per heavy atom. The first-order valence-electron chi connectivity index (χ1n) is 18.5. The Kier molecular flexibility index (Phi) is 6.06. The summed E-state index contributed by atoms with van der Waals surface area (Å²) < 4.78 is 45.7. The maximum absolute atomic E-state index is 17.4. The van der Waals surface area contributed by atoms with E-state index in [1.165, 1.54) is 31.7 Å². The maximum atomic E-state index is 17.4. The topological polar surface area (TPSA) is 104 Å². The molecule has 0 radical (unpaired) electrons. The number of rotatable bonds is 4. The molecule has 1 amide bonds. The summed E-state index contributed by atoms with van der Waals surface area (Å²) in [7, 11) is 0. The van der Waals surface area contributed by atoms with Crippen molar-refractivity contribution in [1.29, 1.82) is 0 Å². The van der Waals surface area contributed by atoms with E-state index in [2.05, 4.69) is 15.7 Å². The number of pyridine rings is 1. The van der Waals surface area contributed by atoms with Crippen molar-refractivity contribution in [2.75, 3.05) is 31.1 Å². The lowest BCUT2D eigenvalue weighted by Crippen LogP contribution is -2.64. The number of carboxylic acid groups (broad SMARTS) is 1. The van der Waals surface area contributed by atoms with Gasteiger partial charge in [-0.25, -0.2) is 18.6 Å². The molecule has 1 N–H and O–H groups in total. The largest absolute Gasteiger partial charge is 0.472 e. The highest BCUT2D eigenvalue weighted by molar-refractivity contribution is 6.03. The second-order valence-electron chi connectivity index (χ2n) is 16.8. The summed E-state index contributed by atoms with van der Waals surface area (Å²) in [6, 6.07) is 7.21. The van der Waals surface area contributed by atoms with Crippen molar-refractivity contribution in [2.45, 2.75) is 88.1 Å². The SMILES string of the molecule is C#Cc1c(F)ccc2cccc(-c3nc4c5c(nc(OCC67CC8(CC8)CN6CC6(CC6)C7)nc5c3F)N3CC5CCC(C3C(C)O4)N5C(=O)O)c12. The first kappa shape index (κ1) is 30.8.